The number of nitrogens with zero attached hydrogens (tertiary/aromatic N) is 3. The minimum Gasteiger partial charge on any atom is -0.384 e. The fraction of sp³-hybridized carbons (Fsp3) is 0.182. The summed E-state index contributed by atoms with van der Waals surface area (Å²) in [4.78, 5) is 4.46. The Bertz CT molecular complexity index is 650. The van der Waals surface area contributed by atoms with Gasteiger partial charge in [0.1, 0.15) is 12.2 Å². The van der Waals surface area contributed by atoms with Gasteiger partial charge in [-0.25, -0.2) is 9.67 Å². The van der Waals surface area contributed by atoms with Crippen LogP contribution in [0.25, 0.3) is 0 Å². The Hall–Kier alpha value is -2.03. The van der Waals surface area contributed by atoms with Crippen LogP contribution in [0.15, 0.2) is 34.6 Å². The number of nitrogen functional groups attached to an aromatic ring is 1. The van der Waals surface area contributed by atoms with Crippen LogP contribution in [-0.2, 0) is 13.2 Å². The van der Waals surface area contributed by atoms with Crippen LogP contribution in [0.4, 0.5) is 13.2 Å². The zero-order valence-corrected chi connectivity index (χ0v) is 11.1. The summed E-state index contributed by atoms with van der Waals surface area (Å²) in [5.74, 6) is -0.627. The number of amidine groups is 1. The highest BCUT2D eigenvalue weighted by Crippen LogP contribution is 2.35. The number of halogens is 3. The molecule has 0 fully saturated rings. The van der Waals surface area contributed by atoms with Crippen molar-refractivity contribution < 1.29 is 13.2 Å². The Morgan fingerprint density at radius 1 is 1.40 bits per heavy atom. The first kappa shape index (κ1) is 14.4. The van der Waals surface area contributed by atoms with Crippen molar-refractivity contribution in [2.24, 2.45) is 12.8 Å². The molecule has 2 aromatic rings. The highest BCUT2D eigenvalue weighted by Gasteiger charge is 2.34. The molecule has 20 heavy (non-hydrogen) atoms. The zero-order valence-electron chi connectivity index (χ0n) is 10.3. The van der Waals surface area contributed by atoms with E-state index in [0.29, 0.717) is 10.1 Å². The van der Waals surface area contributed by atoms with Crippen molar-refractivity contribution in [1.82, 2.24) is 14.8 Å². The van der Waals surface area contributed by atoms with Crippen LogP contribution in [0.2, 0.25) is 0 Å². The van der Waals surface area contributed by atoms with E-state index >= 15 is 0 Å². The van der Waals surface area contributed by atoms with Gasteiger partial charge in [0.25, 0.3) is 0 Å². The average molecular weight is 301 g/mol. The number of alkyl halides is 3. The first-order chi connectivity index (χ1) is 9.29. The molecule has 1 aromatic heterocycles. The summed E-state index contributed by atoms with van der Waals surface area (Å²) in [6.07, 6.45) is -3.20. The van der Waals surface area contributed by atoms with E-state index in [-0.39, 0.29) is 5.56 Å². The topological polar surface area (TPSA) is 80.6 Å². The first-order valence-corrected chi connectivity index (χ1v) is 6.18. The van der Waals surface area contributed by atoms with Gasteiger partial charge in [-0.1, -0.05) is 11.8 Å². The molecule has 2 rings (SSSR count). The standard InChI is InChI=1S/C11H10F3N5S/c1-19-10(17-5-18-19)20-6-2-3-8(11(12,13)14)7(4-6)9(15)16/h2-5H,1H3,(H3,15,16). The number of nitrogens with one attached hydrogen (secondary N) is 1. The van der Waals surface area contributed by atoms with E-state index in [1.54, 1.807) is 7.05 Å². The SMILES string of the molecule is Cn1ncnc1Sc1ccc(C(F)(F)F)c(C(=N)N)c1. The van der Waals surface area contributed by atoms with Gasteiger partial charge in [-0.05, 0) is 18.2 Å². The molecule has 0 unspecified atom stereocenters. The number of aryl methyl sites for hydroxylation is 1. The Kier molecular flexibility index (Phi) is 3.71. The number of rotatable bonds is 3. The molecule has 0 radical (unpaired) electrons. The molecular formula is C11H10F3N5S. The van der Waals surface area contributed by atoms with Crippen molar-refractivity contribution in [3.8, 4) is 0 Å². The van der Waals surface area contributed by atoms with Gasteiger partial charge in [0.2, 0.25) is 0 Å². The van der Waals surface area contributed by atoms with E-state index < -0.39 is 17.6 Å². The van der Waals surface area contributed by atoms with E-state index in [1.807, 2.05) is 0 Å². The second-order valence-corrected chi connectivity index (χ2v) is 4.93. The highest BCUT2D eigenvalue weighted by atomic mass is 32.2. The van der Waals surface area contributed by atoms with Crippen molar-refractivity contribution >= 4 is 17.6 Å². The predicted molar refractivity (Wildman–Crippen MR) is 67.6 cm³/mol. The predicted octanol–water partition coefficient (Wildman–Crippen LogP) is 2.27. The second-order valence-electron chi connectivity index (χ2n) is 3.89. The molecule has 0 aliphatic rings. The smallest absolute Gasteiger partial charge is 0.384 e. The molecule has 0 spiro atoms. The maximum Gasteiger partial charge on any atom is 0.417 e. The summed E-state index contributed by atoms with van der Waals surface area (Å²) in [6, 6.07) is 3.45. The number of aromatic nitrogens is 3. The molecule has 0 saturated heterocycles. The molecule has 0 bridgehead atoms. The molecule has 9 heteroatoms. The number of benzene rings is 1. The third-order valence-electron chi connectivity index (χ3n) is 2.47. The molecule has 0 amide bonds. The largest absolute Gasteiger partial charge is 0.417 e. The van der Waals surface area contributed by atoms with Crippen LogP contribution < -0.4 is 5.73 Å². The van der Waals surface area contributed by atoms with Crippen LogP contribution in [0.5, 0.6) is 0 Å². The van der Waals surface area contributed by atoms with Gasteiger partial charge in [-0.15, -0.1) is 0 Å². The van der Waals surface area contributed by atoms with Crippen molar-refractivity contribution in [3.05, 3.63) is 35.7 Å². The number of hydrogen-bond acceptors (Lipinski definition) is 4. The minimum absolute atomic E-state index is 0.343. The molecular weight excluding hydrogens is 291 g/mol. The van der Waals surface area contributed by atoms with Gasteiger partial charge in [0.05, 0.1) is 5.56 Å². The van der Waals surface area contributed by atoms with Crippen LogP contribution in [0.3, 0.4) is 0 Å². The zero-order chi connectivity index (χ0) is 14.9. The van der Waals surface area contributed by atoms with Crippen molar-refractivity contribution in [2.75, 3.05) is 0 Å². The van der Waals surface area contributed by atoms with Gasteiger partial charge in [-0.2, -0.15) is 18.3 Å². The lowest BCUT2D eigenvalue weighted by atomic mass is 10.1. The average Bonchev–Trinajstić information content (AvgIpc) is 2.73. The van der Waals surface area contributed by atoms with Gasteiger partial charge < -0.3 is 5.73 Å². The summed E-state index contributed by atoms with van der Waals surface area (Å²) >= 11 is 1.14. The summed E-state index contributed by atoms with van der Waals surface area (Å²) in [7, 11) is 1.67. The maximum absolute atomic E-state index is 12.8. The molecule has 1 heterocycles. The van der Waals surface area contributed by atoms with Crippen LogP contribution in [-0.4, -0.2) is 20.6 Å². The number of hydrogen-bond donors (Lipinski definition) is 2. The fourth-order valence-electron chi connectivity index (χ4n) is 1.54. The van der Waals surface area contributed by atoms with Crippen molar-refractivity contribution in [2.45, 2.75) is 16.2 Å². The van der Waals surface area contributed by atoms with Crippen molar-refractivity contribution in [3.63, 3.8) is 0 Å². The van der Waals surface area contributed by atoms with E-state index in [9.17, 15) is 13.2 Å². The minimum atomic E-state index is -4.55. The summed E-state index contributed by atoms with van der Waals surface area (Å²) in [6.45, 7) is 0. The Morgan fingerprint density at radius 2 is 2.10 bits per heavy atom. The molecule has 3 N–H and O–H groups in total. The van der Waals surface area contributed by atoms with Crippen molar-refractivity contribution in [1.29, 1.82) is 5.41 Å². The maximum atomic E-state index is 12.8. The molecule has 0 aliphatic carbocycles. The lowest BCUT2D eigenvalue weighted by Crippen LogP contribution is -2.18. The normalized spacial score (nSPS) is 11.6. The highest BCUT2D eigenvalue weighted by molar-refractivity contribution is 7.99. The molecule has 0 aliphatic heterocycles. The lowest BCUT2D eigenvalue weighted by Gasteiger charge is -2.13. The monoisotopic (exact) mass is 301 g/mol. The summed E-state index contributed by atoms with van der Waals surface area (Å²) in [5, 5.41) is 11.7. The van der Waals surface area contributed by atoms with Crippen LogP contribution in [0.1, 0.15) is 11.1 Å². The number of nitrogens with two attached hydrogens (primary N) is 1. The lowest BCUT2D eigenvalue weighted by molar-refractivity contribution is -0.137. The van der Waals surface area contributed by atoms with Crippen LogP contribution in [0, 0.1) is 5.41 Å². The van der Waals surface area contributed by atoms with Crippen LogP contribution >= 0.6 is 11.8 Å². The summed E-state index contributed by atoms with van der Waals surface area (Å²) < 4.78 is 39.9. The molecule has 0 saturated carbocycles. The molecule has 106 valence electrons. The first-order valence-electron chi connectivity index (χ1n) is 5.36. The second kappa shape index (κ2) is 5.16. The molecule has 1 aromatic carbocycles. The third kappa shape index (κ3) is 2.93. The van der Waals surface area contributed by atoms with Gasteiger partial charge in [0, 0.05) is 17.5 Å². The summed E-state index contributed by atoms with van der Waals surface area (Å²) in [5.41, 5.74) is 3.96. The van der Waals surface area contributed by atoms with E-state index in [1.165, 1.54) is 23.1 Å². The Labute approximate surface area is 116 Å². The van der Waals surface area contributed by atoms with E-state index in [4.69, 9.17) is 11.1 Å². The molecule has 5 nitrogen and oxygen atoms in total. The van der Waals surface area contributed by atoms with E-state index in [0.717, 1.165) is 17.8 Å². The Balaban J connectivity index is 2.41. The fourth-order valence-corrected chi connectivity index (χ4v) is 2.34. The Morgan fingerprint density at radius 3 is 2.60 bits per heavy atom. The van der Waals surface area contributed by atoms with Gasteiger partial charge in [-0.3, -0.25) is 5.41 Å². The van der Waals surface area contributed by atoms with Gasteiger partial charge >= 0.3 is 6.18 Å². The third-order valence-corrected chi connectivity index (χ3v) is 3.51. The van der Waals surface area contributed by atoms with E-state index in [2.05, 4.69) is 10.1 Å². The van der Waals surface area contributed by atoms with Gasteiger partial charge in [0.15, 0.2) is 5.16 Å². The quantitative estimate of drug-likeness (QED) is 0.673. The molecule has 0 atom stereocenters.